The van der Waals surface area contributed by atoms with Crippen molar-refractivity contribution in [1.29, 1.82) is 5.26 Å². The van der Waals surface area contributed by atoms with Gasteiger partial charge in [0, 0.05) is 13.1 Å². The second kappa shape index (κ2) is 6.06. The van der Waals surface area contributed by atoms with Gasteiger partial charge in [-0.05, 0) is 54.3 Å². The minimum absolute atomic E-state index is 0.127. The molecule has 128 valence electrons. The lowest BCUT2D eigenvalue weighted by molar-refractivity contribution is 0.174. The Morgan fingerprint density at radius 2 is 1.84 bits per heavy atom. The third-order valence-electron chi connectivity index (χ3n) is 4.64. The largest absolute Gasteiger partial charge is 0.454 e. The number of hydrogen-bond acceptors (Lipinski definition) is 5. The molecule has 0 radical (unpaired) electrons. The number of nitriles is 1. The van der Waals surface area contributed by atoms with Crippen LogP contribution in [0.3, 0.4) is 0 Å². The van der Waals surface area contributed by atoms with E-state index in [1.54, 1.807) is 0 Å². The van der Waals surface area contributed by atoms with E-state index < -0.39 is 10.0 Å². The molecule has 2 aliphatic rings. The summed E-state index contributed by atoms with van der Waals surface area (Å²) in [6.45, 7) is 1.13. The van der Waals surface area contributed by atoms with Crippen molar-refractivity contribution in [2.45, 2.75) is 17.2 Å². The molecule has 0 bridgehead atoms. The summed E-state index contributed by atoms with van der Waals surface area (Å²) in [6.07, 6.45) is 0.759. The quantitative estimate of drug-likeness (QED) is 0.844. The average Bonchev–Trinajstić information content (AvgIpc) is 3.30. The molecule has 0 aromatic heterocycles. The van der Waals surface area contributed by atoms with Crippen LogP contribution in [0.1, 0.15) is 23.5 Å². The van der Waals surface area contributed by atoms with E-state index in [4.69, 9.17) is 14.7 Å². The van der Waals surface area contributed by atoms with Gasteiger partial charge in [-0.2, -0.15) is 9.57 Å². The Labute approximate surface area is 146 Å². The summed E-state index contributed by atoms with van der Waals surface area (Å²) in [7, 11) is -3.55. The molecule has 4 rings (SSSR count). The van der Waals surface area contributed by atoms with Gasteiger partial charge in [-0.25, -0.2) is 8.42 Å². The highest BCUT2D eigenvalue weighted by molar-refractivity contribution is 7.89. The fraction of sp³-hybridized carbons (Fsp3) is 0.278. The molecule has 2 aromatic rings. The van der Waals surface area contributed by atoms with Crippen LogP contribution in [-0.4, -0.2) is 32.6 Å². The lowest BCUT2D eigenvalue weighted by Gasteiger charge is -2.17. The summed E-state index contributed by atoms with van der Waals surface area (Å²) in [5, 5.41) is 8.84. The predicted molar refractivity (Wildman–Crippen MR) is 89.8 cm³/mol. The average molecular weight is 356 g/mol. The van der Waals surface area contributed by atoms with Crippen molar-refractivity contribution in [3.05, 3.63) is 53.6 Å². The minimum Gasteiger partial charge on any atom is -0.454 e. The first-order valence-electron chi connectivity index (χ1n) is 7.98. The summed E-state index contributed by atoms with van der Waals surface area (Å²) >= 11 is 0. The van der Waals surface area contributed by atoms with Gasteiger partial charge < -0.3 is 9.47 Å². The van der Waals surface area contributed by atoms with Gasteiger partial charge in [-0.3, -0.25) is 0 Å². The molecule has 0 spiro atoms. The van der Waals surface area contributed by atoms with Crippen LogP contribution in [-0.2, 0) is 10.0 Å². The summed E-state index contributed by atoms with van der Waals surface area (Å²) in [6, 6.07) is 13.8. The van der Waals surface area contributed by atoms with Gasteiger partial charge in [-0.1, -0.05) is 6.07 Å². The van der Waals surface area contributed by atoms with E-state index in [2.05, 4.69) is 0 Å². The van der Waals surface area contributed by atoms with Crippen LogP contribution in [0.4, 0.5) is 0 Å². The molecule has 2 heterocycles. The Kier molecular flexibility index (Phi) is 3.86. The highest BCUT2D eigenvalue weighted by Crippen LogP contribution is 2.38. The third kappa shape index (κ3) is 2.84. The first-order chi connectivity index (χ1) is 12.1. The van der Waals surface area contributed by atoms with Gasteiger partial charge in [0.05, 0.1) is 16.5 Å². The molecule has 1 fully saturated rings. The molecule has 0 saturated carbocycles. The van der Waals surface area contributed by atoms with Gasteiger partial charge in [0.2, 0.25) is 16.8 Å². The maximum atomic E-state index is 12.8. The highest BCUT2D eigenvalue weighted by atomic mass is 32.2. The first-order valence-corrected chi connectivity index (χ1v) is 9.42. The summed E-state index contributed by atoms with van der Waals surface area (Å²) < 4.78 is 37.8. The van der Waals surface area contributed by atoms with Gasteiger partial charge in [0.25, 0.3) is 0 Å². The van der Waals surface area contributed by atoms with Crippen molar-refractivity contribution in [1.82, 2.24) is 4.31 Å². The SMILES string of the molecule is N#Cc1ccc(S(=O)(=O)N2CCC(c3ccc4c(c3)OCO4)C2)cc1. The van der Waals surface area contributed by atoms with Gasteiger partial charge >= 0.3 is 0 Å². The number of hydrogen-bond donors (Lipinski definition) is 0. The molecule has 1 unspecified atom stereocenters. The van der Waals surface area contributed by atoms with Crippen LogP contribution >= 0.6 is 0 Å². The molecule has 2 aromatic carbocycles. The Morgan fingerprint density at radius 3 is 2.60 bits per heavy atom. The van der Waals surface area contributed by atoms with E-state index >= 15 is 0 Å². The standard InChI is InChI=1S/C18H16N2O4S/c19-10-13-1-4-16(5-2-13)25(21,22)20-8-7-15(11-20)14-3-6-17-18(9-14)24-12-23-17/h1-6,9,15H,7-8,11-12H2. The van der Waals surface area contributed by atoms with Crippen LogP contribution in [0.5, 0.6) is 11.5 Å². The van der Waals surface area contributed by atoms with Crippen molar-refractivity contribution >= 4 is 10.0 Å². The van der Waals surface area contributed by atoms with Crippen LogP contribution < -0.4 is 9.47 Å². The lowest BCUT2D eigenvalue weighted by Crippen LogP contribution is -2.28. The van der Waals surface area contributed by atoms with E-state index in [1.165, 1.54) is 28.6 Å². The predicted octanol–water partition coefficient (Wildman–Crippen LogP) is 2.47. The van der Waals surface area contributed by atoms with Crippen molar-refractivity contribution in [3.8, 4) is 17.6 Å². The summed E-state index contributed by atoms with van der Waals surface area (Å²) in [4.78, 5) is 0.220. The zero-order chi connectivity index (χ0) is 17.4. The molecule has 0 amide bonds. The Balaban J connectivity index is 1.54. The van der Waals surface area contributed by atoms with E-state index in [0.29, 0.717) is 24.4 Å². The van der Waals surface area contributed by atoms with E-state index in [9.17, 15) is 8.42 Å². The molecular weight excluding hydrogens is 340 g/mol. The highest BCUT2D eigenvalue weighted by Gasteiger charge is 2.33. The third-order valence-corrected chi connectivity index (χ3v) is 6.52. The van der Waals surface area contributed by atoms with Gasteiger partial charge in [-0.15, -0.1) is 0 Å². The van der Waals surface area contributed by atoms with Crippen molar-refractivity contribution < 1.29 is 17.9 Å². The molecule has 1 atom stereocenters. The Bertz CT molecular complexity index is 948. The van der Waals surface area contributed by atoms with Crippen LogP contribution in [0.25, 0.3) is 0 Å². The first kappa shape index (κ1) is 15.9. The summed E-state index contributed by atoms with van der Waals surface area (Å²) in [5.41, 5.74) is 1.50. The number of rotatable bonds is 3. The molecule has 2 aliphatic heterocycles. The fourth-order valence-electron chi connectivity index (χ4n) is 3.24. The number of ether oxygens (including phenoxy) is 2. The molecule has 0 aliphatic carbocycles. The molecule has 0 N–H and O–H groups in total. The second-order valence-corrected chi connectivity index (χ2v) is 8.04. The molecular formula is C18H16N2O4S. The number of nitrogens with zero attached hydrogens (tertiary/aromatic N) is 2. The Morgan fingerprint density at radius 1 is 1.08 bits per heavy atom. The van der Waals surface area contributed by atoms with Crippen LogP contribution in [0.2, 0.25) is 0 Å². The molecule has 1 saturated heterocycles. The van der Waals surface area contributed by atoms with Crippen LogP contribution in [0, 0.1) is 11.3 Å². The maximum Gasteiger partial charge on any atom is 0.243 e. The number of benzene rings is 2. The van der Waals surface area contributed by atoms with Crippen molar-refractivity contribution in [2.24, 2.45) is 0 Å². The lowest BCUT2D eigenvalue weighted by atomic mass is 9.98. The number of sulfonamides is 1. The van der Waals surface area contributed by atoms with Crippen LogP contribution in [0.15, 0.2) is 47.4 Å². The fourth-order valence-corrected chi connectivity index (χ4v) is 4.74. The minimum atomic E-state index is -3.55. The van der Waals surface area contributed by atoms with E-state index in [0.717, 1.165) is 17.7 Å². The normalized spacial score (nSPS) is 19.7. The zero-order valence-electron chi connectivity index (χ0n) is 13.4. The molecule has 25 heavy (non-hydrogen) atoms. The topological polar surface area (TPSA) is 79.6 Å². The van der Waals surface area contributed by atoms with Gasteiger partial charge in [0.15, 0.2) is 11.5 Å². The monoisotopic (exact) mass is 356 g/mol. The zero-order valence-corrected chi connectivity index (χ0v) is 14.2. The van der Waals surface area contributed by atoms with Crippen molar-refractivity contribution in [2.75, 3.05) is 19.9 Å². The van der Waals surface area contributed by atoms with Crippen molar-refractivity contribution in [3.63, 3.8) is 0 Å². The Hall–Kier alpha value is -2.56. The summed E-state index contributed by atoms with van der Waals surface area (Å²) in [5.74, 6) is 1.57. The second-order valence-electron chi connectivity index (χ2n) is 6.10. The smallest absolute Gasteiger partial charge is 0.243 e. The van der Waals surface area contributed by atoms with Gasteiger partial charge in [0.1, 0.15) is 0 Å². The number of fused-ring (bicyclic) bond motifs is 1. The maximum absolute atomic E-state index is 12.8. The van der Waals surface area contributed by atoms with E-state index in [-0.39, 0.29) is 17.6 Å². The van der Waals surface area contributed by atoms with E-state index in [1.807, 2.05) is 24.3 Å². The molecule has 6 nitrogen and oxygen atoms in total. The molecule has 7 heteroatoms.